The van der Waals surface area contributed by atoms with E-state index in [0.29, 0.717) is 42.1 Å². The second-order valence-electron chi connectivity index (χ2n) is 12.1. The van der Waals surface area contributed by atoms with E-state index < -0.39 is 29.5 Å². The van der Waals surface area contributed by atoms with Gasteiger partial charge >= 0.3 is 12.1 Å². The molecule has 0 saturated carbocycles. The van der Waals surface area contributed by atoms with Crippen LogP contribution in [0.15, 0.2) is 60.0 Å². The number of rotatable bonds is 9. The van der Waals surface area contributed by atoms with Crippen LogP contribution in [0, 0.1) is 0 Å². The van der Waals surface area contributed by atoms with E-state index in [1.165, 1.54) is 13.2 Å². The Morgan fingerprint density at radius 1 is 0.958 bits per heavy atom. The molecule has 0 radical (unpaired) electrons. The molecule has 0 fully saturated rings. The summed E-state index contributed by atoms with van der Waals surface area (Å²) in [4.78, 5) is 57.6. The molecule has 1 aliphatic heterocycles. The van der Waals surface area contributed by atoms with Gasteiger partial charge in [0.25, 0.3) is 11.8 Å². The Morgan fingerprint density at radius 2 is 1.77 bits per heavy atom. The van der Waals surface area contributed by atoms with Crippen LogP contribution in [0.25, 0.3) is 21.6 Å². The smallest absolute Gasteiger partial charge is 0.407 e. The van der Waals surface area contributed by atoms with Gasteiger partial charge in [0.2, 0.25) is 0 Å². The van der Waals surface area contributed by atoms with Crippen molar-refractivity contribution in [3.8, 4) is 27.3 Å². The maximum Gasteiger partial charge on any atom is 0.407 e. The Bertz CT molecular complexity index is 1860. The van der Waals surface area contributed by atoms with Gasteiger partial charge in [-0.05, 0) is 86.2 Å². The van der Waals surface area contributed by atoms with Gasteiger partial charge < -0.3 is 30.2 Å². The fraction of sp³-hybridized carbons (Fsp3) is 0.306. The molecule has 0 saturated heterocycles. The van der Waals surface area contributed by atoms with E-state index in [0.717, 1.165) is 28.0 Å². The van der Waals surface area contributed by atoms with E-state index in [2.05, 4.69) is 20.9 Å². The first kappa shape index (κ1) is 34.1. The summed E-state index contributed by atoms with van der Waals surface area (Å²) in [6.45, 7) is 8.36. The quantitative estimate of drug-likeness (QED) is 0.169. The molecule has 250 valence electrons. The third kappa shape index (κ3) is 8.00. The van der Waals surface area contributed by atoms with E-state index >= 15 is 0 Å². The lowest BCUT2D eigenvalue weighted by Crippen LogP contribution is -2.32. The summed E-state index contributed by atoms with van der Waals surface area (Å²) in [6, 6.07) is 15.7. The number of aromatic nitrogens is 1. The fourth-order valence-electron chi connectivity index (χ4n) is 5.16. The van der Waals surface area contributed by atoms with Crippen LogP contribution in [0.3, 0.4) is 0 Å². The molecule has 48 heavy (non-hydrogen) atoms. The molecule has 0 bridgehead atoms. The third-order valence-corrected chi connectivity index (χ3v) is 8.33. The summed E-state index contributed by atoms with van der Waals surface area (Å²) >= 11 is 1.56. The number of nitrogens with one attached hydrogen (secondary N) is 3. The zero-order valence-corrected chi connectivity index (χ0v) is 28.3. The third-order valence-electron chi connectivity index (χ3n) is 7.34. The van der Waals surface area contributed by atoms with Crippen molar-refractivity contribution < 1.29 is 33.4 Å². The van der Waals surface area contributed by atoms with Crippen LogP contribution in [0.2, 0.25) is 0 Å². The van der Waals surface area contributed by atoms with Gasteiger partial charge in [0.15, 0.2) is 5.69 Å². The summed E-state index contributed by atoms with van der Waals surface area (Å²) < 4.78 is 16.5. The van der Waals surface area contributed by atoms with Crippen molar-refractivity contribution in [1.29, 1.82) is 0 Å². The molecule has 12 heteroatoms. The highest BCUT2D eigenvalue weighted by molar-refractivity contribution is 7.13. The predicted octanol–water partition coefficient (Wildman–Crippen LogP) is 6.62. The summed E-state index contributed by atoms with van der Waals surface area (Å²) in [6.07, 6.45) is 0.882. The number of hydrogen-bond donors (Lipinski definition) is 3. The number of esters is 1. The van der Waals surface area contributed by atoms with Crippen LogP contribution in [0.1, 0.15) is 76.6 Å². The van der Waals surface area contributed by atoms with Crippen molar-refractivity contribution in [1.82, 2.24) is 15.6 Å². The minimum absolute atomic E-state index is 0.0460. The predicted molar refractivity (Wildman–Crippen MR) is 184 cm³/mol. The lowest BCUT2D eigenvalue weighted by atomic mass is 9.93. The molecule has 11 nitrogen and oxygen atoms in total. The zero-order chi connectivity index (χ0) is 34.4. The lowest BCUT2D eigenvalue weighted by Gasteiger charge is -2.19. The van der Waals surface area contributed by atoms with Crippen LogP contribution in [-0.4, -0.2) is 54.7 Å². The topological polar surface area (TPSA) is 145 Å². The number of benzene rings is 2. The van der Waals surface area contributed by atoms with E-state index in [1.54, 1.807) is 68.5 Å². The molecule has 0 atom stereocenters. The number of carbonyl (C=O) groups is 4. The van der Waals surface area contributed by atoms with Crippen molar-refractivity contribution in [3.05, 3.63) is 88.1 Å². The van der Waals surface area contributed by atoms with E-state index in [1.807, 2.05) is 24.4 Å². The Kier molecular flexibility index (Phi) is 10.4. The van der Waals surface area contributed by atoms with Crippen LogP contribution in [0.4, 0.5) is 10.5 Å². The maximum atomic E-state index is 14.2. The number of thiophene rings is 1. The highest BCUT2D eigenvalue weighted by atomic mass is 32.1. The minimum Gasteiger partial charge on any atom is -0.493 e. The number of amides is 3. The average Bonchev–Trinajstić information content (AvgIpc) is 3.46. The van der Waals surface area contributed by atoms with Crippen molar-refractivity contribution >= 4 is 40.9 Å². The summed E-state index contributed by atoms with van der Waals surface area (Å²) in [5.41, 5.74) is 3.34. The van der Waals surface area contributed by atoms with Gasteiger partial charge in [-0.3, -0.25) is 9.59 Å². The standard InChI is InChI=1S/C36H38N4O7S/c1-6-14-37-33(42)28-11-10-24(30(40-28)34(43)45-5)25-19-29-27(31-22(12-15-46-29)13-16-48-31)18-26(25)32(41)39-23-9-7-8-21(17-23)20-38-35(44)47-36(2,3)4/h7-11,13,16-19H,6,12,14-15,20H2,1-5H3,(H,37,42)(H,38,44)(H,39,41). The number of anilines is 1. The molecule has 0 spiro atoms. The Morgan fingerprint density at radius 3 is 2.52 bits per heavy atom. The van der Waals surface area contributed by atoms with Crippen molar-refractivity contribution in [2.24, 2.45) is 0 Å². The minimum atomic E-state index is -0.761. The highest BCUT2D eigenvalue weighted by Crippen LogP contribution is 2.43. The molecule has 3 heterocycles. The number of ether oxygens (including phenoxy) is 3. The number of pyridine rings is 1. The van der Waals surface area contributed by atoms with E-state index in [4.69, 9.17) is 14.2 Å². The summed E-state index contributed by atoms with van der Waals surface area (Å²) in [5, 5.41) is 10.5. The molecular formula is C36H38N4O7S. The lowest BCUT2D eigenvalue weighted by molar-refractivity contribution is 0.0522. The van der Waals surface area contributed by atoms with Gasteiger partial charge in [0.05, 0.1) is 13.7 Å². The van der Waals surface area contributed by atoms with Crippen LogP contribution in [0.5, 0.6) is 5.75 Å². The molecule has 3 N–H and O–H groups in total. The average molecular weight is 671 g/mol. The van der Waals surface area contributed by atoms with E-state index in [9.17, 15) is 19.2 Å². The number of fused-ring (bicyclic) bond motifs is 3. The van der Waals surface area contributed by atoms with Gasteiger partial charge in [-0.1, -0.05) is 19.1 Å². The SMILES string of the molecule is CCCNC(=O)c1ccc(-c2cc3c(cc2C(=O)Nc2cccc(CNC(=O)OC(C)(C)C)c2)-c2sccc2CCO3)c(C(=O)OC)n1. The first-order valence-corrected chi connectivity index (χ1v) is 16.5. The fourth-order valence-corrected chi connectivity index (χ4v) is 6.13. The maximum absolute atomic E-state index is 14.2. The normalized spacial score (nSPS) is 12.0. The summed E-state index contributed by atoms with van der Waals surface area (Å²) in [5.74, 6) is -1.09. The molecule has 5 rings (SSSR count). The number of carbonyl (C=O) groups excluding carboxylic acids is 4. The van der Waals surface area contributed by atoms with Crippen LogP contribution < -0.4 is 20.7 Å². The Balaban J connectivity index is 1.55. The number of nitrogens with zero attached hydrogens (tertiary/aromatic N) is 1. The number of alkyl carbamates (subject to hydrolysis) is 1. The van der Waals surface area contributed by atoms with Gasteiger partial charge in [-0.25, -0.2) is 14.6 Å². The molecule has 1 aliphatic rings. The van der Waals surface area contributed by atoms with Crippen molar-refractivity contribution in [3.63, 3.8) is 0 Å². The van der Waals surface area contributed by atoms with Crippen molar-refractivity contribution in [2.75, 3.05) is 25.6 Å². The second kappa shape index (κ2) is 14.7. The van der Waals surface area contributed by atoms with Gasteiger partial charge in [0.1, 0.15) is 17.0 Å². The Labute approximate surface area is 283 Å². The molecule has 0 unspecified atom stereocenters. The first-order chi connectivity index (χ1) is 23.0. The number of methoxy groups -OCH3 is 1. The largest absolute Gasteiger partial charge is 0.493 e. The molecular weight excluding hydrogens is 632 g/mol. The van der Waals surface area contributed by atoms with Gasteiger partial charge in [-0.2, -0.15) is 0 Å². The molecule has 3 amide bonds. The van der Waals surface area contributed by atoms with Crippen LogP contribution >= 0.6 is 11.3 Å². The Hall–Kier alpha value is -5.23. The molecule has 4 aromatic rings. The number of hydrogen-bond acceptors (Lipinski definition) is 9. The van der Waals surface area contributed by atoms with Crippen molar-refractivity contribution in [2.45, 2.75) is 52.7 Å². The highest BCUT2D eigenvalue weighted by Gasteiger charge is 2.27. The van der Waals surface area contributed by atoms with Gasteiger partial charge in [-0.15, -0.1) is 11.3 Å². The van der Waals surface area contributed by atoms with Gasteiger partial charge in [0, 0.05) is 52.3 Å². The van der Waals surface area contributed by atoms with Crippen LogP contribution in [-0.2, 0) is 22.4 Å². The van der Waals surface area contributed by atoms with E-state index in [-0.39, 0.29) is 23.5 Å². The molecule has 2 aromatic carbocycles. The molecule has 0 aliphatic carbocycles. The second-order valence-corrected chi connectivity index (χ2v) is 13.0. The monoisotopic (exact) mass is 670 g/mol. The zero-order valence-electron chi connectivity index (χ0n) is 27.5. The first-order valence-electron chi connectivity index (χ1n) is 15.6. The molecule has 2 aromatic heterocycles. The summed E-state index contributed by atoms with van der Waals surface area (Å²) in [7, 11) is 1.23.